The van der Waals surface area contributed by atoms with E-state index in [1.165, 1.54) is 16.8 Å². The maximum absolute atomic E-state index is 13.4. The number of hydrogen-bond acceptors (Lipinski definition) is 4. The molecular weight excluding hydrogens is 419 g/mol. The van der Waals surface area contributed by atoms with Crippen molar-refractivity contribution in [2.75, 3.05) is 12.4 Å². The maximum Gasteiger partial charge on any atom is 0.295 e. The smallest absolute Gasteiger partial charge is 0.295 e. The van der Waals surface area contributed by atoms with Crippen molar-refractivity contribution in [3.8, 4) is 22.8 Å². The second-order valence-corrected chi connectivity index (χ2v) is 7.23. The molecule has 1 N–H and O–H groups in total. The van der Waals surface area contributed by atoms with Crippen molar-refractivity contribution in [3.63, 3.8) is 0 Å². The minimum atomic E-state index is -0.491. The van der Waals surface area contributed by atoms with Crippen LogP contribution in [0.2, 0.25) is 5.02 Å². The monoisotopic (exact) mass is 436 g/mol. The minimum Gasteiger partial charge on any atom is -0.497 e. The molecule has 4 aromatic rings. The molecule has 8 heteroatoms. The van der Waals surface area contributed by atoms with Crippen LogP contribution in [-0.4, -0.2) is 27.8 Å². The number of aromatic nitrogens is 3. The van der Waals surface area contributed by atoms with Gasteiger partial charge in [0.15, 0.2) is 5.82 Å². The number of rotatable bonds is 5. The molecule has 1 heterocycles. The fourth-order valence-electron chi connectivity index (χ4n) is 3.06. The van der Waals surface area contributed by atoms with Crippen LogP contribution in [0.5, 0.6) is 5.75 Å². The van der Waals surface area contributed by atoms with E-state index >= 15 is 0 Å². The van der Waals surface area contributed by atoms with Crippen molar-refractivity contribution in [2.24, 2.45) is 0 Å². The number of amides is 1. The molecule has 1 amide bonds. The third-order valence-corrected chi connectivity index (χ3v) is 4.87. The van der Waals surface area contributed by atoms with Gasteiger partial charge in [-0.2, -0.15) is 0 Å². The average Bonchev–Trinajstić information content (AvgIpc) is 3.21. The number of ether oxygens (including phenoxy) is 1. The lowest BCUT2D eigenvalue weighted by atomic mass is 10.1. The Bertz CT molecular complexity index is 1250. The van der Waals surface area contributed by atoms with E-state index in [0.717, 1.165) is 5.56 Å². The summed E-state index contributed by atoms with van der Waals surface area (Å²) in [4.78, 5) is 17.3. The summed E-state index contributed by atoms with van der Waals surface area (Å²) < 4.78 is 20.2. The van der Waals surface area contributed by atoms with E-state index in [4.69, 9.17) is 16.3 Å². The predicted molar refractivity (Wildman–Crippen MR) is 117 cm³/mol. The van der Waals surface area contributed by atoms with Crippen LogP contribution in [0.15, 0.2) is 66.7 Å². The van der Waals surface area contributed by atoms with Crippen molar-refractivity contribution in [3.05, 3.63) is 89.0 Å². The van der Waals surface area contributed by atoms with Gasteiger partial charge in [0.05, 0.1) is 12.8 Å². The SMILES string of the molecule is COc1cccc(NC(=O)c2nc(-c3ccc(F)cc3)n(-c3cc(Cl)ccc3C)n2)c1. The lowest BCUT2D eigenvalue weighted by molar-refractivity contribution is 0.101. The van der Waals surface area contributed by atoms with Gasteiger partial charge in [-0.15, -0.1) is 5.10 Å². The number of halogens is 2. The van der Waals surface area contributed by atoms with E-state index < -0.39 is 5.91 Å². The third-order valence-electron chi connectivity index (χ3n) is 4.64. The molecule has 0 aliphatic rings. The molecule has 31 heavy (non-hydrogen) atoms. The van der Waals surface area contributed by atoms with E-state index in [1.807, 2.05) is 13.0 Å². The van der Waals surface area contributed by atoms with Crippen molar-refractivity contribution < 1.29 is 13.9 Å². The maximum atomic E-state index is 13.4. The summed E-state index contributed by atoms with van der Waals surface area (Å²) in [7, 11) is 1.55. The first-order chi connectivity index (χ1) is 14.9. The summed E-state index contributed by atoms with van der Waals surface area (Å²) in [5.41, 5.74) is 2.70. The number of aryl methyl sites for hydroxylation is 1. The zero-order chi connectivity index (χ0) is 22.0. The molecule has 6 nitrogen and oxygen atoms in total. The zero-order valence-corrected chi connectivity index (χ0v) is 17.5. The van der Waals surface area contributed by atoms with E-state index in [9.17, 15) is 9.18 Å². The molecule has 0 aliphatic carbocycles. The number of anilines is 1. The van der Waals surface area contributed by atoms with Crippen LogP contribution in [0.4, 0.5) is 10.1 Å². The molecule has 0 bridgehead atoms. The van der Waals surface area contributed by atoms with Gasteiger partial charge in [-0.05, 0) is 61.0 Å². The lowest BCUT2D eigenvalue weighted by Crippen LogP contribution is -2.14. The number of hydrogen-bond donors (Lipinski definition) is 1. The van der Waals surface area contributed by atoms with Crippen LogP contribution in [-0.2, 0) is 0 Å². The first-order valence-corrected chi connectivity index (χ1v) is 9.77. The number of nitrogens with one attached hydrogen (secondary N) is 1. The highest BCUT2D eigenvalue weighted by atomic mass is 35.5. The summed E-state index contributed by atoms with van der Waals surface area (Å²) in [6.45, 7) is 1.90. The lowest BCUT2D eigenvalue weighted by Gasteiger charge is -2.09. The largest absolute Gasteiger partial charge is 0.497 e. The van der Waals surface area contributed by atoms with Gasteiger partial charge in [-0.1, -0.05) is 23.7 Å². The number of carbonyl (C=O) groups excluding carboxylic acids is 1. The van der Waals surface area contributed by atoms with E-state index in [-0.39, 0.29) is 11.6 Å². The minimum absolute atomic E-state index is 0.0403. The van der Waals surface area contributed by atoms with Gasteiger partial charge in [-0.25, -0.2) is 14.1 Å². The molecule has 0 aliphatic heterocycles. The zero-order valence-electron chi connectivity index (χ0n) is 16.8. The van der Waals surface area contributed by atoms with Crippen LogP contribution in [0.3, 0.4) is 0 Å². The van der Waals surface area contributed by atoms with E-state index in [0.29, 0.717) is 33.5 Å². The summed E-state index contributed by atoms with van der Waals surface area (Å²) in [6.07, 6.45) is 0. The molecule has 0 fully saturated rings. The fourth-order valence-corrected chi connectivity index (χ4v) is 3.23. The summed E-state index contributed by atoms with van der Waals surface area (Å²) in [6, 6.07) is 18.1. The Morgan fingerprint density at radius 2 is 1.87 bits per heavy atom. The highest BCUT2D eigenvalue weighted by molar-refractivity contribution is 6.30. The van der Waals surface area contributed by atoms with E-state index in [1.54, 1.807) is 55.6 Å². The van der Waals surface area contributed by atoms with Crippen LogP contribution >= 0.6 is 11.6 Å². The Morgan fingerprint density at radius 1 is 1.10 bits per heavy atom. The molecule has 0 saturated carbocycles. The summed E-state index contributed by atoms with van der Waals surface area (Å²) in [5.74, 6) is 0.0975. The van der Waals surface area contributed by atoms with Crippen LogP contribution < -0.4 is 10.1 Å². The molecular formula is C23H18ClFN4O2. The number of carbonyl (C=O) groups is 1. The Hall–Kier alpha value is -3.71. The number of methoxy groups -OCH3 is 1. The molecule has 0 saturated heterocycles. The Morgan fingerprint density at radius 3 is 2.61 bits per heavy atom. The highest BCUT2D eigenvalue weighted by Gasteiger charge is 2.20. The van der Waals surface area contributed by atoms with Crippen LogP contribution in [0, 0.1) is 12.7 Å². The van der Waals surface area contributed by atoms with Gasteiger partial charge < -0.3 is 10.1 Å². The van der Waals surface area contributed by atoms with E-state index in [2.05, 4.69) is 15.4 Å². The van der Waals surface area contributed by atoms with Gasteiger partial charge >= 0.3 is 0 Å². The van der Waals surface area contributed by atoms with Crippen molar-refractivity contribution in [1.82, 2.24) is 14.8 Å². The van der Waals surface area contributed by atoms with Crippen molar-refractivity contribution >= 4 is 23.2 Å². The van der Waals surface area contributed by atoms with Gasteiger partial charge in [0.1, 0.15) is 11.6 Å². The number of benzene rings is 3. The van der Waals surface area contributed by atoms with Gasteiger partial charge in [0, 0.05) is 22.3 Å². The highest BCUT2D eigenvalue weighted by Crippen LogP contribution is 2.26. The fraction of sp³-hybridized carbons (Fsp3) is 0.0870. The molecule has 0 radical (unpaired) electrons. The molecule has 156 valence electrons. The predicted octanol–water partition coefficient (Wildman–Crippen LogP) is 5.30. The molecule has 4 rings (SSSR count). The van der Waals surface area contributed by atoms with Gasteiger partial charge in [0.25, 0.3) is 5.91 Å². The molecule has 0 atom stereocenters. The average molecular weight is 437 g/mol. The molecule has 3 aromatic carbocycles. The van der Waals surface area contributed by atoms with Crippen LogP contribution in [0.25, 0.3) is 17.1 Å². The standard InChI is InChI=1S/C23H18ClFN4O2/c1-14-6-9-16(24)12-20(14)29-22(15-7-10-17(25)11-8-15)27-21(28-29)23(30)26-18-4-3-5-19(13-18)31-2/h3-13H,1-2H3,(H,26,30). The molecule has 0 unspecified atom stereocenters. The Labute approximate surface area is 183 Å². The second-order valence-electron chi connectivity index (χ2n) is 6.79. The Balaban J connectivity index is 1.78. The first kappa shape index (κ1) is 20.6. The molecule has 0 spiro atoms. The van der Waals surface area contributed by atoms with Crippen molar-refractivity contribution in [1.29, 1.82) is 0 Å². The van der Waals surface area contributed by atoms with Crippen molar-refractivity contribution in [2.45, 2.75) is 6.92 Å². The normalized spacial score (nSPS) is 10.7. The third kappa shape index (κ3) is 4.41. The van der Waals surface area contributed by atoms with Gasteiger partial charge in [-0.3, -0.25) is 4.79 Å². The quantitative estimate of drug-likeness (QED) is 0.461. The summed E-state index contributed by atoms with van der Waals surface area (Å²) in [5, 5.41) is 7.72. The molecule has 1 aromatic heterocycles. The first-order valence-electron chi connectivity index (χ1n) is 9.39. The number of nitrogens with zero attached hydrogens (tertiary/aromatic N) is 3. The van der Waals surface area contributed by atoms with Crippen LogP contribution in [0.1, 0.15) is 16.2 Å². The summed E-state index contributed by atoms with van der Waals surface area (Å²) >= 11 is 6.19. The Kier molecular flexibility index (Phi) is 5.68. The van der Waals surface area contributed by atoms with Gasteiger partial charge in [0.2, 0.25) is 5.82 Å². The topological polar surface area (TPSA) is 69.0 Å². The second kappa shape index (κ2) is 8.57.